The molecule has 1 aliphatic rings. The van der Waals surface area contributed by atoms with Crippen molar-refractivity contribution >= 4 is 38.3 Å². The number of hydrogen-bond acceptors (Lipinski definition) is 4. The number of piperidine rings is 1. The molecule has 2 aromatic carbocycles. The van der Waals surface area contributed by atoms with Crippen LogP contribution < -0.4 is 10.2 Å². The van der Waals surface area contributed by atoms with Gasteiger partial charge in [0.25, 0.3) is 0 Å². The first kappa shape index (κ1) is 17.0. The lowest BCUT2D eigenvalue weighted by molar-refractivity contribution is -0.120. The number of rotatable bonds is 3. The third kappa shape index (κ3) is 3.42. The number of amides is 1. The van der Waals surface area contributed by atoms with E-state index in [1.54, 1.807) is 6.07 Å². The van der Waals surface area contributed by atoms with Gasteiger partial charge < -0.3 is 10.2 Å². The number of nitrogens with one attached hydrogen (secondary N) is 1. The van der Waals surface area contributed by atoms with Crippen molar-refractivity contribution in [2.24, 2.45) is 5.92 Å². The molecule has 1 saturated heterocycles. The third-order valence-corrected chi connectivity index (χ3v) is 5.82. The number of carbonyl (C=O) groups is 1. The average Bonchev–Trinajstić information content (AvgIpc) is 3.09. The maximum Gasteiger partial charge on any atom is 0.229 e. The topological polar surface area (TPSA) is 45.2 Å². The molecule has 1 amide bonds. The van der Waals surface area contributed by atoms with E-state index in [2.05, 4.69) is 15.2 Å². The predicted octanol–water partition coefficient (Wildman–Crippen LogP) is 4.60. The Morgan fingerprint density at radius 2 is 2.08 bits per heavy atom. The fourth-order valence-corrected chi connectivity index (χ4v) is 4.30. The molecule has 4 nitrogen and oxygen atoms in total. The highest BCUT2D eigenvalue weighted by Crippen LogP contribution is 2.32. The number of aryl methyl sites for hydroxylation is 1. The van der Waals surface area contributed by atoms with Crippen LogP contribution in [0.4, 0.5) is 15.2 Å². The number of anilines is 2. The maximum atomic E-state index is 13.9. The van der Waals surface area contributed by atoms with E-state index in [0.29, 0.717) is 12.1 Å². The Balaban J connectivity index is 1.48. The summed E-state index contributed by atoms with van der Waals surface area (Å²) >= 11 is 1.48. The van der Waals surface area contributed by atoms with Crippen molar-refractivity contribution in [3.63, 3.8) is 0 Å². The minimum Gasteiger partial charge on any atom is -0.347 e. The van der Waals surface area contributed by atoms with E-state index in [1.165, 1.54) is 17.4 Å². The van der Waals surface area contributed by atoms with Crippen LogP contribution in [0.15, 0.2) is 42.5 Å². The first-order valence-electron chi connectivity index (χ1n) is 8.78. The highest BCUT2D eigenvalue weighted by molar-refractivity contribution is 7.22. The Morgan fingerprint density at radius 1 is 1.27 bits per heavy atom. The van der Waals surface area contributed by atoms with Gasteiger partial charge in [0.05, 0.1) is 10.6 Å². The summed E-state index contributed by atoms with van der Waals surface area (Å²) in [6.07, 6.45) is 1.78. The minimum atomic E-state index is -0.296. The number of aromatic nitrogens is 1. The molecule has 26 heavy (non-hydrogen) atoms. The highest BCUT2D eigenvalue weighted by Gasteiger charge is 2.27. The first-order valence-corrected chi connectivity index (χ1v) is 9.59. The molecule has 1 N–H and O–H groups in total. The summed E-state index contributed by atoms with van der Waals surface area (Å²) in [6.45, 7) is 3.47. The third-order valence-electron chi connectivity index (χ3n) is 4.74. The van der Waals surface area contributed by atoms with Crippen LogP contribution in [0.25, 0.3) is 10.2 Å². The van der Waals surface area contributed by atoms with Crippen molar-refractivity contribution in [1.82, 2.24) is 4.98 Å². The lowest BCUT2D eigenvalue weighted by atomic mass is 9.97. The second-order valence-electron chi connectivity index (χ2n) is 6.72. The van der Waals surface area contributed by atoms with Gasteiger partial charge in [-0.3, -0.25) is 4.79 Å². The number of nitrogens with zero attached hydrogens (tertiary/aromatic N) is 2. The zero-order chi connectivity index (χ0) is 18.1. The zero-order valence-corrected chi connectivity index (χ0v) is 15.4. The molecule has 0 spiro atoms. The molecular formula is C20H20FN3OS. The Hall–Kier alpha value is -2.47. The molecule has 3 aromatic rings. The van der Waals surface area contributed by atoms with E-state index < -0.39 is 0 Å². The molecule has 1 fully saturated rings. The molecule has 4 rings (SSSR count). The summed E-state index contributed by atoms with van der Waals surface area (Å²) in [5.41, 5.74) is 2.40. The molecule has 134 valence electrons. The van der Waals surface area contributed by atoms with E-state index in [9.17, 15) is 9.18 Å². The van der Waals surface area contributed by atoms with Crippen molar-refractivity contribution < 1.29 is 9.18 Å². The molecule has 0 aliphatic carbocycles. The van der Waals surface area contributed by atoms with Crippen LogP contribution in [-0.4, -0.2) is 24.0 Å². The van der Waals surface area contributed by atoms with Gasteiger partial charge in [-0.05, 0) is 44.0 Å². The molecule has 1 aliphatic heterocycles. The summed E-state index contributed by atoms with van der Waals surface area (Å²) in [4.78, 5) is 19.2. The summed E-state index contributed by atoms with van der Waals surface area (Å²) in [5.74, 6) is -0.358. The van der Waals surface area contributed by atoms with Crippen LogP contribution in [-0.2, 0) is 4.79 Å². The van der Waals surface area contributed by atoms with Gasteiger partial charge in [-0.15, -0.1) is 0 Å². The number of para-hydroxylation sites is 1. The molecule has 1 unspecified atom stereocenters. The SMILES string of the molecule is Cc1ccc(NC(=O)C2CCCN(c3nc4c(F)cccc4s3)C2)cc1. The largest absolute Gasteiger partial charge is 0.347 e. The molecule has 2 heterocycles. The molecule has 0 radical (unpaired) electrons. The van der Waals surface area contributed by atoms with E-state index in [-0.39, 0.29) is 17.6 Å². The van der Waals surface area contributed by atoms with E-state index >= 15 is 0 Å². The van der Waals surface area contributed by atoms with Crippen LogP contribution in [0.2, 0.25) is 0 Å². The van der Waals surface area contributed by atoms with Crippen molar-refractivity contribution in [1.29, 1.82) is 0 Å². The Labute approximate surface area is 155 Å². The monoisotopic (exact) mass is 369 g/mol. The fourth-order valence-electron chi connectivity index (χ4n) is 3.28. The summed E-state index contributed by atoms with van der Waals surface area (Å²) in [7, 11) is 0. The molecule has 1 aromatic heterocycles. The minimum absolute atomic E-state index is 0.0332. The van der Waals surface area contributed by atoms with Crippen LogP contribution in [0.1, 0.15) is 18.4 Å². The van der Waals surface area contributed by atoms with Gasteiger partial charge in [0, 0.05) is 18.8 Å². The Kier molecular flexibility index (Phi) is 4.59. The lowest BCUT2D eigenvalue weighted by Gasteiger charge is -2.31. The van der Waals surface area contributed by atoms with Crippen molar-refractivity contribution in [3.8, 4) is 0 Å². The number of halogens is 1. The molecule has 1 atom stereocenters. The van der Waals surface area contributed by atoms with Crippen LogP contribution in [0, 0.1) is 18.7 Å². The number of carbonyl (C=O) groups excluding carboxylic acids is 1. The van der Waals surface area contributed by atoms with Gasteiger partial charge >= 0.3 is 0 Å². The molecule has 6 heteroatoms. The first-order chi connectivity index (χ1) is 12.6. The van der Waals surface area contributed by atoms with Crippen molar-refractivity contribution in [2.45, 2.75) is 19.8 Å². The Bertz CT molecular complexity index is 938. The quantitative estimate of drug-likeness (QED) is 0.734. The smallest absolute Gasteiger partial charge is 0.229 e. The summed E-state index contributed by atoms with van der Waals surface area (Å²) in [5, 5.41) is 3.79. The van der Waals surface area contributed by atoms with E-state index in [4.69, 9.17) is 0 Å². The second-order valence-corrected chi connectivity index (χ2v) is 7.73. The summed E-state index contributed by atoms with van der Waals surface area (Å²) in [6, 6.07) is 12.8. The fraction of sp³-hybridized carbons (Fsp3) is 0.300. The number of benzene rings is 2. The number of hydrogen-bond donors (Lipinski definition) is 1. The molecular weight excluding hydrogens is 349 g/mol. The van der Waals surface area contributed by atoms with Crippen molar-refractivity contribution in [3.05, 3.63) is 53.8 Å². The van der Waals surface area contributed by atoms with Gasteiger partial charge in [0.15, 0.2) is 5.13 Å². The average molecular weight is 369 g/mol. The molecule has 0 bridgehead atoms. The number of thiazole rings is 1. The van der Waals surface area contributed by atoms with Crippen molar-refractivity contribution in [2.75, 3.05) is 23.3 Å². The summed E-state index contributed by atoms with van der Waals surface area (Å²) < 4.78 is 14.7. The van der Waals surface area contributed by atoms with Crippen LogP contribution in [0.5, 0.6) is 0 Å². The van der Waals surface area contributed by atoms with Gasteiger partial charge in [-0.2, -0.15) is 0 Å². The lowest BCUT2D eigenvalue weighted by Crippen LogP contribution is -2.40. The highest BCUT2D eigenvalue weighted by atomic mass is 32.1. The van der Waals surface area contributed by atoms with Gasteiger partial charge in [-0.25, -0.2) is 9.37 Å². The van der Waals surface area contributed by atoms with E-state index in [1.807, 2.05) is 37.3 Å². The number of fused-ring (bicyclic) bond motifs is 1. The van der Waals surface area contributed by atoms with E-state index in [0.717, 1.165) is 40.5 Å². The van der Waals surface area contributed by atoms with Gasteiger partial charge in [-0.1, -0.05) is 35.1 Å². The van der Waals surface area contributed by atoms with Crippen LogP contribution >= 0.6 is 11.3 Å². The normalized spacial score (nSPS) is 17.5. The zero-order valence-electron chi connectivity index (χ0n) is 14.5. The second kappa shape index (κ2) is 7.03. The van der Waals surface area contributed by atoms with Gasteiger partial charge in [0.1, 0.15) is 11.3 Å². The molecule has 0 saturated carbocycles. The Morgan fingerprint density at radius 3 is 2.85 bits per heavy atom. The van der Waals surface area contributed by atoms with Crippen LogP contribution in [0.3, 0.4) is 0 Å². The predicted molar refractivity (Wildman–Crippen MR) is 104 cm³/mol. The van der Waals surface area contributed by atoms with Gasteiger partial charge in [0.2, 0.25) is 5.91 Å². The maximum absolute atomic E-state index is 13.9. The standard InChI is InChI=1S/C20H20FN3OS/c1-13-7-9-15(10-8-13)22-19(25)14-4-3-11-24(12-14)20-23-18-16(21)5-2-6-17(18)26-20/h2,5-10,14H,3-4,11-12H2,1H3,(H,22,25).